The zero-order valence-corrected chi connectivity index (χ0v) is 20.1. The standard InChI is InChI=1S/C23H21F3N2O4S2/c1-12-8-19(17(28-14(3)29)9-18(12)32-10-21(30)31)33-11-20-13(2)27-22(34-20)15-4-6-16(7-5-15)23(24,25)26/h4-9H,10-11H2,1-3H3,(H,28,29)(H,30,31). The summed E-state index contributed by atoms with van der Waals surface area (Å²) in [5, 5.41) is 12.2. The van der Waals surface area contributed by atoms with Gasteiger partial charge < -0.3 is 15.2 Å². The highest BCUT2D eigenvalue weighted by atomic mass is 32.2. The number of carbonyl (C=O) groups is 2. The second-order valence-electron chi connectivity index (χ2n) is 7.37. The van der Waals surface area contributed by atoms with Gasteiger partial charge in [0.1, 0.15) is 10.8 Å². The number of benzene rings is 2. The Hall–Kier alpha value is -3.05. The summed E-state index contributed by atoms with van der Waals surface area (Å²) < 4.78 is 43.8. The van der Waals surface area contributed by atoms with E-state index in [0.29, 0.717) is 33.3 Å². The Balaban J connectivity index is 1.80. The Morgan fingerprint density at radius 1 is 1.18 bits per heavy atom. The number of anilines is 1. The number of thioether (sulfide) groups is 1. The monoisotopic (exact) mass is 510 g/mol. The molecule has 3 aromatic rings. The number of hydrogen-bond donors (Lipinski definition) is 2. The predicted octanol–water partition coefficient (Wildman–Crippen LogP) is 6.16. The summed E-state index contributed by atoms with van der Waals surface area (Å²) in [4.78, 5) is 28.7. The van der Waals surface area contributed by atoms with Crippen molar-refractivity contribution in [3.63, 3.8) is 0 Å². The van der Waals surface area contributed by atoms with Crippen LogP contribution in [0, 0.1) is 13.8 Å². The Morgan fingerprint density at radius 2 is 1.85 bits per heavy atom. The number of aryl methyl sites for hydroxylation is 2. The van der Waals surface area contributed by atoms with Crippen molar-refractivity contribution in [1.82, 2.24) is 4.98 Å². The maximum absolute atomic E-state index is 12.8. The fourth-order valence-corrected chi connectivity index (χ4v) is 5.29. The lowest BCUT2D eigenvalue weighted by molar-refractivity contribution is -0.139. The first-order valence-corrected chi connectivity index (χ1v) is 11.8. The highest BCUT2D eigenvalue weighted by Crippen LogP contribution is 2.38. The molecule has 1 aromatic heterocycles. The summed E-state index contributed by atoms with van der Waals surface area (Å²) in [7, 11) is 0. The van der Waals surface area contributed by atoms with Gasteiger partial charge in [-0.2, -0.15) is 13.2 Å². The van der Waals surface area contributed by atoms with Crippen molar-refractivity contribution in [2.45, 2.75) is 37.6 Å². The average Bonchev–Trinajstić information content (AvgIpc) is 3.12. The number of aliphatic carboxylic acids is 1. The van der Waals surface area contributed by atoms with E-state index in [9.17, 15) is 22.8 Å². The van der Waals surface area contributed by atoms with Crippen molar-refractivity contribution in [1.29, 1.82) is 0 Å². The summed E-state index contributed by atoms with van der Waals surface area (Å²) in [5.41, 5.74) is 1.87. The van der Waals surface area contributed by atoms with E-state index in [1.165, 1.54) is 42.2 Å². The minimum atomic E-state index is -4.39. The van der Waals surface area contributed by atoms with Crippen LogP contribution >= 0.6 is 23.1 Å². The number of halogens is 3. The minimum absolute atomic E-state index is 0.284. The van der Waals surface area contributed by atoms with E-state index in [-0.39, 0.29) is 5.91 Å². The number of thiazole rings is 1. The number of amides is 1. The number of carboxylic acid groups (broad SMARTS) is 1. The Labute approximate surface area is 202 Å². The first-order valence-electron chi connectivity index (χ1n) is 9.97. The second kappa shape index (κ2) is 10.5. The van der Waals surface area contributed by atoms with Crippen molar-refractivity contribution in [3.05, 3.63) is 58.1 Å². The lowest BCUT2D eigenvalue weighted by atomic mass is 10.1. The van der Waals surface area contributed by atoms with Crippen molar-refractivity contribution in [2.24, 2.45) is 0 Å². The molecule has 180 valence electrons. The van der Waals surface area contributed by atoms with Crippen molar-refractivity contribution in [3.8, 4) is 16.3 Å². The number of carboxylic acids is 1. The molecule has 0 fully saturated rings. The quantitative estimate of drug-likeness (QED) is 0.353. The van der Waals surface area contributed by atoms with E-state index in [1.54, 1.807) is 19.1 Å². The fraction of sp³-hybridized carbons (Fsp3) is 0.261. The second-order valence-corrected chi connectivity index (χ2v) is 9.47. The highest BCUT2D eigenvalue weighted by molar-refractivity contribution is 7.98. The molecule has 0 spiro atoms. The molecular weight excluding hydrogens is 489 g/mol. The van der Waals surface area contributed by atoms with Crippen LogP contribution in [-0.4, -0.2) is 28.6 Å². The van der Waals surface area contributed by atoms with Crippen molar-refractivity contribution < 1.29 is 32.6 Å². The van der Waals surface area contributed by atoms with Gasteiger partial charge in [-0.1, -0.05) is 12.1 Å². The molecule has 0 radical (unpaired) electrons. The zero-order chi connectivity index (χ0) is 25.0. The molecule has 1 heterocycles. The van der Waals surface area contributed by atoms with Crippen LogP contribution in [0.2, 0.25) is 0 Å². The number of hydrogen-bond acceptors (Lipinski definition) is 6. The summed E-state index contributed by atoms with van der Waals surface area (Å²) >= 11 is 2.85. The van der Waals surface area contributed by atoms with Crippen LogP contribution in [0.3, 0.4) is 0 Å². The van der Waals surface area contributed by atoms with Gasteiger partial charge in [-0.15, -0.1) is 23.1 Å². The summed E-state index contributed by atoms with van der Waals surface area (Å²) in [6.07, 6.45) is -4.39. The Kier molecular flexibility index (Phi) is 7.88. The minimum Gasteiger partial charge on any atom is -0.482 e. The molecule has 2 aromatic carbocycles. The van der Waals surface area contributed by atoms with Crippen molar-refractivity contribution >= 4 is 40.7 Å². The summed E-state index contributed by atoms with van der Waals surface area (Å²) in [5.74, 6) is -0.517. The number of carbonyl (C=O) groups excluding carboxylic acids is 1. The van der Waals surface area contributed by atoms with Gasteiger partial charge in [0.2, 0.25) is 5.91 Å². The van der Waals surface area contributed by atoms with Gasteiger partial charge in [-0.3, -0.25) is 4.79 Å². The number of aromatic nitrogens is 1. The van der Waals surface area contributed by atoms with E-state index in [0.717, 1.165) is 27.6 Å². The third kappa shape index (κ3) is 6.51. The molecule has 0 aliphatic heterocycles. The third-order valence-electron chi connectivity index (χ3n) is 4.65. The lowest BCUT2D eigenvalue weighted by Crippen LogP contribution is -2.11. The molecular formula is C23H21F3N2O4S2. The average molecular weight is 511 g/mol. The van der Waals surface area contributed by atoms with Crippen LogP contribution in [0.1, 0.15) is 28.6 Å². The van der Waals surface area contributed by atoms with Crippen LogP contribution in [0.25, 0.3) is 10.6 Å². The molecule has 6 nitrogen and oxygen atoms in total. The smallest absolute Gasteiger partial charge is 0.416 e. The van der Waals surface area contributed by atoms with Gasteiger partial charge in [0.05, 0.1) is 16.9 Å². The van der Waals surface area contributed by atoms with Crippen LogP contribution in [0.5, 0.6) is 5.75 Å². The molecule has 11 heteroatoms. The molecule has 0 bridgehead atoms. The van der Waals surface area contributed by atoms with Gasteiger partial charge in [0.15, 0.2) is 6.61 Å². The van der Waals surface area contributed by atoms with Gasteiger partial charge in [-0.25, -0.2) is 9.78 Å². The van der Waals surface area contributed by atoms with Gasteiger partial charge >= 0.3 is 12.1 Å². The molecule has 1 amide bonds. The normalized spacial score (nSPS) is 11.4. The fourth-order valence-electron chi connectivity index (χ4n) is 2.99. The number of alkyl halides is 3. The topological polar surface area (TPSA) is 88.5 Å². The van der Waals surface area contributed by atoms with E-state index >= 15 is 0 Å². The highest BCUT2D eigenvalue weighted by Gasteiger charge is 2.30. The maximum Gasteiger partial charge on any atom is 0.416 e. The van der Waals surface area contributed by atoms with E-state index in [2.05, 4.69) is 10.3 Å². The van der Waals surface area contributed by atoms with Gasteiger partial charge in [-0.05, 0) is 37.6 Å². The maximum atomic E-state index is 12.8. The molecule has 34 heavy (non-hydrogen) atoms. The molecule has 3 rings (SSSR count). The SMILES string of the molecule is CC(=O)Nc1cc(OCC(=O)O)c(C)cc1SCc1sc(-c2ccc(C(F)(F)F)cc2)nc1C. The van der Waals surface area contributed by atoms with Gasteiger partial charge in [0, 0.05) is 34.1 Å². The Morgan fingerprint density at radius 3 is 2.44 bits per heavy atom. The van der Waals surface area contributed by atoms with Gasteiger partial charge in [0.25, 0.3) is 0 Å². The van der Waals surface area contributed by atoms with E-state index in [1.807, 2.05) is 6.92 Å². The summed E-state index contributed by atoms with van der Waals surface area (Å²) in [6, 6.07) is 8.29. The first-order chi connectivity index (χ1) is 15.9. The Bertz CT molecular complexity index is 1210. The molecule has 0 aliphatic rings. The van der Waals surface area contributed by atoms with Crippen LogP contribution in [0.15, 0.2) is 41.3 Å². The molecule has 2 N–H and O–H groups in total. The molecule has 0 aliphatic carbocycles. The molecule has 0 unspecified atom stereocenters. The van der Waals surface area contributed by atoms with E-state index in [4.69, 9.17) is 9.84 Å². The molecule has 0 atom stereocenters. The first kappa shape index (κ1) is 25.6. The number of rotatable bonds is 8. The number of nitrogens with one attached hydrogen (secondary N) is 1. The van der Waals surface area contributed by atoms with E-state index < -0.39 is 24.3 Å². The lowest BCUT2D eigenvalue weighted by Gasteiger charge is -2.14. The number of ether oxygens (including phenoxy) is 1. The third-order valence-corrected chi connectivity index (χ3v) is 7.12. The van der Waals surface area contributed by atoms with Crippen molar-refractivity contribution in [2.75, 3.05) is 11.9 Å². The summed E-state index contributed by atoms with van der Waals surface area (Å²) in [6.45, 7) is 4.48. The zero-order valence-electron chi connectivity index (χ0n) is 18.4. The largest absolute Gasteiger partial charge is 0.482 e. The molecule has 0 saturated carbocycles. The molecule has 0 saturated heterocycles. The number of nitrogens with zero attached hydrogens (tertiary/aromatic N) is 1. The predicted molar refractivity (Wildman–Crippen MR) is 125 cm³/mol. The van der Waals surface area contributed by atoms with Crippen LogP contribution in [0.4, 0.5) is 18.9 Å². The van der Waals surface area contributed by atoms with Crippen LogP contribution < -0.4 is 10.1 Å². The van der Waals surface area contributed by atoms with Crippen LogP contribution in [-0.2, 0) is 21.5 Å².